The molecule has 0 bridgehead atoms. The molecular weight excluding hydrogens is 476 g/mol. The molecule has 174 valence electrons. The number of carbonyl (C=O) groups excluding carboxylic acids is 1. The van der Waals surface area contributed by atoms with Crippen molar-refractivity contribution < 1.29 is 40.6 Å². The van der Waals surface area contributed by atoms with Gasteiger partial charge >= 0.3 is 12.7 Å². The Morgan fingerprint density at radius 2 is 1.53 bits per heavy atom. The Balaban J connectivity index is 1.90. The van der Waals surface area contributed by atoms with E-state index in [0.29, 0.717) is 12.8 Å². The number of halogens is 5. The van der Waals surface area contributed by atoms with Crippen molar-refractivity contribution in [3.8, 4) is 5.75 Å². The van der Waals surface area contributed by atoms with Gasteiger partial charge in [0.25, 0.3) is 0 Å². The number of rotatable bonds is 8. The number of para-hydroxylation sites is 1. The van der Waals surface area contributed by atoms with Gasteiger partial charge in [-0.2, -0.15) is 0 Å². The first-order chi connectivity index (χ1) is 15.1. The summed E-state index contributed by atoms with van der Waals surface area (Å²) in [6.45, 7) is -3.21. The number of ether oxygens (including phenoxy) is 1. The fourth-order valence-corrected chi connectivity index (χ4v) is 6.94. The molecule has 3 rings (SSSR count). The Labute approximate surface area is 184 Å². The molecule has 0 aromatic heterocycles. The number of carbonyl (C=O) groups is 1. The third kappa shape index (κ3) is 5.63. The molecule has 1 saturated carbocycles. The summed E-state index contributed by atoms with van der Waals surface area (Å²) < 4.78 is 93.1. The second-order valence-electron chi connectivity index (χ2n) is 7.09. The van der Waals surface area contributed by atoms with Crippen molar-refractivity contribution in [1.82, 2.24) is 5.09 Å². The fraction of sp³-hybridized carbons (Fsp3) is 0.350. The molecule has 2 atom stereocenters. The molecule has 1 fully saturated rings. The van der Waals surface area contributed by atoms with Crippen LogP contribution in [0.5, 0.6) is 5.75 Å². The zero-order chi connectivity index (χ0) is 23.5. The molecule has 2 aromatic rings. The Morgan fingerprint density at radius 1 is 1.00 bits per heavy atom. The molecule has 1 aliphatic carbocycles. The lowest BCUT2D eigenvalue weighted by molar-refractivity contribution is -0.150. The average molecular weight is 495 g/mol. The first-order valence-corrected chi connectivity index (χ1v) is 12.7. The summed E-state index contributed by atoms with van der Waals surface area (Å²) in [5, 5.41) is 2.32. The minimum atomic E-state index is -4.50. The molecule has 1 N–H and O–H groups in total. The highest BCUT2D eigenvalue weighted by Crippen LogP contribution is 2.60. The van der Waals surface area contributed by atoms with Gasteiger partial charge in [-0.15, -0.1) is 0 Å². The molecule has 0 radical (unpaired) electrons. The van der Waals surface area contributed by atoms with E-state index < -0.39 is 52.7 Å². The van der Waals surface area contributed by atoms with Gasteiger partial charge in [-0.25, -0.2) is 31.6 Å². The predicted molar refractivity (Wildman–Crippen MR) is 108 cm³/mol. The lowest BCUT2D eigenvalue weighted by Crippen LogP contribution is -2.35. The summed E-state index contributed by atoms with van der Waals surface area (Å²) in [5.74, 6) is -11.8. The van der Waals surface area contributed by atoms with Gasteiger partial charge in [-0.3, -0.25) is 4.79 Å². The smallest absolute Gasteiger partial charge is 0.379 e. The van der Waals surface area contributed by atoms with Gasteiger partial charge in [-0.1, -0.05) is 18.2 Å². The second kappa shape index (κ2) is 10.2. The van der Waals surface area contributed by atoms with Gasteiger partial charge in [0.15, 0.2) is 23.3 Å². The van der Waals surface area contributed by atoms with Gasteiger partial charge in [0.2, 0.25) is 5.82 Å². The number of benzene rings is 2. The Kier molecular flexibility index (Phi) is 7.84. The molecule has 0 spiro atoms. The topological polar surface area (TPSA) is 64.6 Å². The summed E-state index contributed by atoms with van der Waals surface area (Å²) >= 11 is -0.218. The van der Waals surface area contributed by atoms with E-state index in [0.717, 1.165) is 12.8 Å². The van der Waals surface area contributed by atoms with E-state index in [2.05, 4.69) is 5.09 Å². The van der Waals surface area contributed by atoms with Crippen LogP contribution in [0.25, 0.3) is 0 Å². The van der Waals surface area contributed by atoms with Crippen molar-refractivity contribution in [1.29, 1.82) is 0 Å². The molecule has 32 heavy (non-hydrogen) atoms. The monoisotopic (exact) mass is 495 g/mol. The minimum Gasteiger partial charge on any atom is -0.461 e. The Bertz CT molecular complexity index is 1010. The molecule has 0 saturated heterocycles. The van der Waals surface area contributed by atoms with Crippen LogP contribution < -0.4 is 9.61 Å². The third-order valence-electron chi connectivity index (χ3n) is 4.64. The number of hydrogen-bond acceptors (Lipinski definition) is 5. The van der Waals surface area contributed by atoms with E-state index in [1.54, 1.807) is 6.07 Å². The molecule has 0 heterocycles. The average Bonchev–Trinajstić information content (AvgIpc) is 3.27. The van der Waals surface area contributed by atoms with Crippen molar-refractivity contribution in [3.63, 3.8) is 0 Å². The summed E-state index contributed by atoms with van der Waals surface area (Å²) in [6.07, 6.45) is 2.84. The van der Waals surface area contributed by atoms with Gasteiger partial charge in [0.1, 0.15) is 17.9 Å². The number of hydrogen-bond donors (Lipinski definition) is 1. The van der Waals surface area contributed by atoms with Crippen molar-refractivity contribution in [3.05, 3.63) is 59.4 Å². The fourth-order valence-electron chi connectivity index (χ4n) is 3.04. The van der Waals surface area contributed by atoms with Gasteiger partial charge < -0.3 is 9.26 Å². The van der Waals surface area contributed by atoms with Crippen LogP contribution in [0.4, 0.5) is 22.0 Å². The van der Waals surface area contributed by atoms with Crippen LogP contribution in [-0.4, -0.2) is 18.1 Å². The van der Waals surface area contributed by atoms with E-state index in [9.17, 15) is 31.3 Å². The van der Waals surface area contributed by atoms with Crippen molar-refractivity contribution in [2.24, 2.45) is 0 Å². The maximum absolute atomic E-state index is 14.2. The summed E-state index contributed by atoms with van der Waals surface area (Å²) in [6, 6.07) is 6.12. The van der Waals surface area contributed by atoms with E-state index in [1.807, 2.05) is 0 Å². The second-order valence-corrected chi connectivity index (χ2v) is 11.1. The van der Waals surface area contributed by atoms with Crippen LogP contribution in [0.1, 0.15) is 32.6 Å². The van der Waals surface area contributed by atoms with E-state index in [1.165, 1.54) is 31.2 Å². The van der Waals surface area contributed by atoms with Crippen LogP contribution >= 0.6 is 18.1 Å². The van der Waals surface area contributed by atoms with Crippen molar-refractivity contribution in [2.75, 3.05) is 0 Å². The zero-order valence-corrected chi connectivity index (χ0v) is 18.5. The van der Waals surface area contributed by atoms with Crippen LogP contribution in [0, 0.1) is 29.1 Å². The molecule has 5 nitrogen and oxygen atoms in total. The lowest BCUT2D eigenvalue weighted by atomic mass is 10.3. The van der Waals surface area contributed by atoms with Gasteiger partial charge in [-0.05, 0) is 44.7 Å². The molecule has 0 aliphatic heterocycles. The zero-order valence-electron chi connectivity index (χ0n) is 16.7. The maximum Gasteiger partial charge on any atom is 0.379 e. The highest BCUT2D eigenvalue weighted by atomic mass is 32.7. The first kappa shape index (κ1) is 24.5. The van der Waals surface area contributed by atoms with Crippen LogP contribution in [0.3, 0.4) is 0 Å². The number of nitrogens with one attached hydrogen (secondary N) is 1. The largest absolute Gasteiger partial charge is 0.461 e. The SMILES string of the molecule is C[C@H](N[P@](=O)(Oc1ccccc1)Sc1c(F)c(F)c(F)c(F)c1F)C(=O)OC1CCCC1. The van der Waals surface area contributed by atoms with Gasteiger partial charge in [0.05, 0.1) is 4.90 Å². The maximum atomic E-state index is 14.2. The van der Waals surface area contributed by atoms with Crippen molar-refractivity contribution >= 4 is 24.1 Å². The van der Waals surface area contributed by atoms with E-state index in [4.69, 9.17) is 9.26 Å². The Morgan fingerprint density at radius 3 is 2.09 bits per heavy atom. The lowest BCUT2D eigenvalue weighted by Gasteiger charge is -2.24. The van der Waals surface area contributed by atoms with E-state index >= 15 is 0 Å². The summed E-state index contributed by atoms with van der Waals surface area (Å²) in [5.41, 5.74) is 0. The van der Waals surface area contributed by atoms with Crippen molar-refractivity contribution in [2.45, 2.75) is 49.6 Å². The van der Waals surface area contributed by atoms with Crippen LogP contribution in [0.2, 0.25) is 0 Å². The third-order valence-corrected chi connectivity index (χ3v) is 8.38. The Hall–Kier alpha value is -2.10. The normalized spacial score (nSPS) is 17.1. The number of esters is 1. The highest BCUT2D eigenvalue weighted by Gasteiger charge is 2.37. The molecule has 2 aromatic carbocycles. The molecule has 0 amide bonds. The van der Waals surface area contributed by atoms with Gasteiger partial charge in [0, 0.05) is 11.4 Å². The minimum absolute atomic E-state index is 0.0175. The van der Waals surface area contributed by atoms with Crippen LogP contribution in [-0.2, 0) is 14.1 Å². The van der Waals surface area contributed by atoms with E-state index in [-0.39, 0.29) is 23.2 Å². The standard InChI is InChI=1S/C20H19F5NO4PS/c1-11(20(27)29-12-7-5-6-8-12)26-31(28,30-13-9-3-2-4-10-13)32-19-17(24)15(22)14(21)16(23)18(19)25/h2-4,9-12H,5-8H2,1H3,(H,26,28)/t11-,31-/m0/s1. The first-order valence-electron chi connectivity index (χ1n) is 9.65. The summed E-state index contributed by atoms with van der Waals surface area (Å²) in [4.78, 5) is 11.0. The predicted octanol–water partition coefficient (Wildman–Crippen LogP) is 6.13. The molecule has 12 heteroatoms. The quantitative estimate of drug-likeness (QED) is 0.156. The molecule has 1 aliphatic rings. The molecular formula is C20H19F5NO4PS. The van der Waals surface area contributed by atoms with Crippen LogP contribution in [0.15, 0.2) is 35.2 Å². The highest BCUT2D eigenvalue weighted by molar-refractivity contribution is 8.56. The summed E-state index contributed by atoms with van der Waals surface area (Å²) in [7, 11) is 0. The molecule has 0 unspecified atom stereocenters.